The van der Waals surface area contributed by atoms with Gasteiger partial charge >= 0.3 is 0 Å². The molecule has 0 fully saturated rings. The maximum absolute atomic E-state index is 13.3. The highest BCUT2D eigenvalue weighted by Gasteiger charge is 2.07. The van der Waals surface area contributed by atoms with Crippen LogP contribution in [0.15, 0.2) is 24.3 Å². The van der Waals surface area contributed by atoms with Gasteiger partial charge in [0.05, 0.1) is 0 Å². The molecule has 0 amide bonds. The molecule has 0 aliphatic heterocycles. The summed E-state index contributed by atoms with van der Waals surface area (Å²) < 4.78 is 13.3. The monoisotopic (exact) mass is 195 g/mol. The van der Waals surface area contributed by atoms with Crippen LogP contribution in [0.3, 0.4) is 0 Å². The van der Waals surface area contributed by atoms with Gasteiger partial charge in [-0.25, -0.2) is 4.39 Å². The van der Waals surface area contributed by atoms with Crippen LogP contribution in [0.2, 0.25) is 0 Å². The number of hydrogen-bond donors (Lipinski definition) is 1. The second-order valence-electron chi connectivity index (χ2n) is 4.05. The summed E-state index contributed by atoms with van der Waals surface area (Å²) in [6.45, 7) is 4.37. The van der Waals surface area contributed by atoms with E-state index in [1.807, 2.05) is 18.2 Å². The first kappa shape index (κ1) is 11.2. The number of alkyl halides is 1. The molecule has 1 atom stereocenters. The molecule has 0 bridgehead atoms. The summed E-state index contributed by atoms with van der Waals surface area (Å²) in [5.74, 6) is 0.598. The van der Waals surface area contributed by atoms with Gasteiger partial charge in [-0.15, -0.1) is 0 Å². The van der Waals surface area contributed by atoms with E-state index in [4.69, 9.17) is 5.73 Å². The summed E-state index contributed by atoms with van der Waals surface area (Å²) >= 11 is 0. The van der Waals surface area contributed by atoms with Gasteiger partial charge in [-0.05, 0) is 23.5 Å². The predicted octanol–water partition coefficient (Wildman–Crippen LogP) is 2.85. The predicted molar refractivity (Wildman–Crippen MR) is 57.9 cm³/mol. The lowest BCUT2D eigenvalue weighted by Gasteiger charge is -2.09. The van der Waals surface area contributed by atoms with E-state index in [1.165, 1.54) is 5.56 Å². The van der Waals surface area contributed by atoms with Gasteiger partial charge in [-0.3, -0.25) is 0 Å². The molecule has 0 saturated carbocycles. The second kappa shape index (κ2) is 5.11. The molecule has 2 heteroatoms. The number of halogens is 1. The topological polar surface area (TPSA) is 26.0 Å². The fourth-order valence-electron chi connectivity index (χ4n) is 1.52. The lowest BCUT2D eigenvalue weighted by atomic mass is 9.99. The van der Waals surface area contributed by atoms with E-state index in [1.54, 1.807) is 6.07 Å². The molecule has 1 aromatic rings. The van der Waals surface area contributed by atoms with Gasteiger partial charge in [0.25, 0.3) is 0 Å². The van der Waals surface area contributed by atoms with Crippen molar-refractivity contribution in [1.82, 2.24) is 0 Å². The Morgan fingerprint density at radius 3 is 2.64 bits per heavy atom. The fraction of sp³-hybridized carbons (Fsp3) is 0.500. The maximum atomic E-state index is 13.3. The Morgan fingerprint density at radius 1 is 1.36 bits per heavy atom. The lowest BCUT2D eigenvalue weighted by molar-refractivity contribution is 0.352. The van der Waals surface area contributed by atoms with Crippen molar-refractivity contribution in [2.75, 3.05) is 6.54 Å². The molecule has 14 heavy (non-hydrogen) atoms. The van der Waals surface area contributed by atoms with Gasteiger partial charge < -0.3 is 5.73 Å². The Hall–Kier alpha value is -0.890. The molecule has 0 aromatic heterocycles. The van der Waals surface area contributed by atoms with Crippen LogP contribution in [0.1, 0.15) is 31.1 Å². The normalized spacial score (nSPS) is 13.2. The molecule has 2 N–H and O–H groups in total. The molecule has 0 radical (unpaired) electrons. The molecule has 0 aliphatic carbocycles. The van der Waals surface area contributed by atoms with Gasteiger partial charge in [-0.1, -0.05) is 38.1 Å². The molecule has 1 unspecified atom stereocenters. The minimum absolute atomic E-state index is 0.0606. The summed E-state index contributed by atoms with van der Waals surface area (Å²) in [6.07, 6.45) is -0.0346. The summed E-state index contributed by atoms with van der Waals surface area (Å²) in [5, 5.41) is 0. The van der Waals surface area contributed by atoms with Crippen LogP contribution in [-0.4, -0.2) is 6.54 Å². The number of rotatable bonds is 4. The average molecular weight is 195 g/mol. The van der Waals surface area contributed by atoms with Crippen LogP contribution in [0.25, 0.3) is 0 Å². The van der Waals surface area contributed by atoms with Crippen molar-refractivity contribution in [3.8, 4) is 0 Å². The van der Waals surface area contributed by atoms with Crippen molar-refractivity contribution in [3.63, 3.8) is 0 Å². The Bertz CT molecular complexity index is 283. The van der Waals surface area contributed by atoms with Crippen LogP contribution in [0.4, 0.5) is 4.39 Å². The molecule has 0 aliphatic rings. The Kier molecular flexibility index (Phi) is 4.08. The second-order valence-corrected chi connectivity index (χ2v) is 4.05. The zero-order valence-corrected chi connectivity index (χ0v) is 8.83. The zero-order valence-electron chi connectivity index (χ0n) is 8.83. The third kappa shape index (κ3) is 3.11. The van der Waals surface area contributed by atoms with E-state index in [0.717, 1.165) is 6.42 Å². The minimum atomic E-state index is -1.03. The molecule has 1 nitrogen and oxygen atoms in total. The van der Waals surface area contributed by atoms with Crippen LogP contribution in [-0.2, 0) is 6.42 Å². The van der Waals surface area contributed by atoms with E-state index in [-0.39, 0.29) is 6.54 Å². The largest absolute Gasteiger partial charge is 0.327 e. The van der Waals surface area contributed by atoms with Crippen LogP contribution in [0, 0.1) is 5.92 Å². The highest BCUT2D eigenvalue weighted by molar-refractivity contribution is 5.25. The molecule has 0 heterocycles. The van der Waals surface area contributed by atoms with Gasteiger partial charge in [-0.2, -0.15) is 0 Å². The van der Waals surface area contributed by atoms with E-state index >= 15 is 0 Å². The first-order valence-corrected chi connectivity index (χ1v) is 5.06. The van der Waals surface area contributed by atoms with Crippen LogP contribution in [0.5, 0.6) is 0 Å². The Balaban J connectivity index is 2.78. The smallest absolute Gasteiger partial charge is 0.137 e. The van der Waals surface area contributed by atoms with Crippen LogP contribution < -0.4 is 5.73 Å². The van der Waals surface area contributed by atoms with E-state index in [2.05, 4.69) is 13.8 Å². The van der Waals surface area contributed by atoms with E-state index in [0.29, 0.717) is 11.5 Å². The quantitative estimate of drug-likeness (QED) is 0.785. The van der Waals surface area contributed by atoms with E-state index in [9.17, 15) is 4.39 Å². The molecular weight excluding hydrogens is 177 g/mol. The molecule has 0 spiro atoms. The van der Waals surface area contributed by atoms with Crippen molar-refractivity contribution in [3.05, 3.63) is 35.4 Å². The summed E-state index contributed by atoms with van der Waals surface area (Å²) in [4.78, 5) is 0. The first-order chi connectivity index (χ1) is 6.63. The van der Waals surface area contributed by atoms with Crippen molar-refractivity contribution >= 4 is 0 Å². The minimum Gasteiger partial charge on any atom is -0.327 e. The summed E-state index contributed by atoms with van der Waals surface area (Å²) in [6, 6.07) is 7.64. The SMILES string of the molecule is CC(C)Cc1cccc(C(F)CN)c1. The highest BCUT2D eigenvalue weighted by Crippen LogP contribution is 2.18. The lowest BCUT2D eigenvalue weighted by Crippen LogP contribution is -2.08. The maximum Gasteiger partial charge on any atom is 0.137 e. The van der Waals surface area contributed by atoms with Crippen molar-refractivity contribution in [2.24, 2.45) is 11.7 Å². The van der Waals surface area contributed by atoms with Crippen molar-refractivity contribution in [2.45, 2.75) is 26.4 Å². The molecular formula is C12H18FN. The zero-order chi connectivity index (χ0) is 10.6. The van der Waals surface area contributed by atoms with E-state index < -0.39 is 6.17 Å². The highest BCUT2D eigenvalue weighted by atomic mass is 19.1. The molecule has 78 valence electrons. The average Bonchev–Trinajstić information content (AvgIpc) is 2.16. The fourth-order valence-corrected chi connectivity index (χ4v) is 1.52. The third-order valence-corrected chi connectivity index (χ3v) is 2.16. The number of benzene rings is 1. The molecule has 0 saturated heterocycles. The third-order valence-electron chi connectivity index (χ3n) is 2.16. The van der Waals surface area contributed by atoms with Gasteiger partial charge in [0.2, 0.25) is 0 Å². The van der Waals surface area contributed by atoms with Gasteiger partial charge in [0.15, 0.2) is 0 Å². The first-order valence-electron chi connectivity index (χ1n) is 5.06. The Morgan fingerprint density at radius 2 is 2.07 bits per heavy atom. The van der Waals surface area contributed by atoms with Crippen LogP contribution >= 0.6 is 0 Å². The summed E-state index contributed by atoms with van der Waals surface area (Å²) in [5.41, 5.74) is 7.17. The molecule has 1 aromatic carbocycles. The van der Waals surface area contributed by atoms with Crippen molar-refractivity contribution < 1.29 is 4.39 Å². The van der Waals surface area contributed by atoms with Gasteiger partial charge in [0.1, 0.15) is 6.17 Å². The summed E-state index contributed by atoms with van der Waals surface area (Å²) in [7, 11) is 0. The van der Waals surface area contributed by atoms with Gasteiger partial charge in [0, 0.05) is 6.54 Å². The number of nitrogens with two attached hydrogens (primary N) is 1. The number of hydrogen-bond acceptors (Lipinski definition) is 1. The molecule has 1 rings (SSSR count). The Labute approximate surface area is 85.1 Å². The standard InChI is InChI=1S/C12H18FN/c1-9(2)6-10-4-3-5-11(7-10)12(13)8-14/h3-5,7,9,12H,6,8,14H2,1-2H3. The van der Waals surface area contributed by atoms with Crippen molar-refractivity contribution in [1.29, 1.82) is 0 Å².